The van der Waals surface area contributed by atoms with Crippen LogP contribution in [0.2, 0.25) is 0 Å². The van der Waals surface area contributed by atoms with Gasteiger partial charge in [0.1, 0.15) is 31.0 Å². The van der Waals surface area contributed by atoms with Crippen molar-refractivity contribution in [3.63, 3.8) is 0 Å². The van der Waals surface area contributed by atoms with E-state index in [0.29, 0.717) is 35.0 Å². The fourth-order valence-corrected chi connectivity index (χ4v) is 10.1. The number of nitrogens with zero attached hydrogens (tertiary/aromatic N) is 1. The summed E-state index contributed by atoms with van der Waals surface area (Å²) in [6.07, 6.45) is 15.3. The Bertz CT molecular complexity index is 1590. The van der Waals surface area contributed by atoms with Crippen LogP contribution in [0.4, 0.5) is 0 Å². The fourth-order valence-electron chi connectivity index (χ4n) is 10.1. The Kier molecular flexibility index (Phi) is 9.55. The first-order chi connectivity index (χ1) is 23.5. The van der Waals surface area contributed by atoms with Gasteiger partial charge in [-0.25, -0.2) is 10.0 Å². The molecule has 2 unspecified atom stereocenters. The van der Waals surface area contributed by atoms with Crippen molar-refractivity contribution < 1.29 is 24.0 Å². The summed E-state index contributed by atoms with van der Waals surface area (Å²) in [5.74, 6) is 2.26. The quantitative estimate of drug-likeness (QED) is 0.0995. The van der Waals surface area contributed by atoms with Gasteiger partial charge in [-0.1, -0.05) is 86.5 Å². The molecular formula is C42H53N2O4+. The van der Waals surface area contributed by atoms with E-state index in [1.165, 1.54) is 29.5 Å². The van der Waals surface area contributed by atoms with Crippen LogP contribution in [0.15, 0.2) is 79.4 Å². The van der Waals surface area contributed by atoms with Crippen molar-refractivity contribution in [3.8, 4) is 17.2 Å². The SMILES string of the molecule is C=CC[N+]1(NC(=O)C(CCCCCCc2ccccc2)CCc2ccccc2)CC[C@]23c4c5c(O)cc(OC)c4O[C@H]2CCC[C@H]3[C@H]1C5. The van der Waals surface area contributed by atoms with Crippen LogP contribution in [0.25, 0.3) is 0 Å². The van der Waals surface area contributed by atoms with Crippen LogP contribution in [-0.4, -0.2) is 48.0 Å². The van der Waals surface area contributed by atoms with Gasteiger partial charge in [0.2, 0.25) is 0 Å². The number of aryl methyl sites for hydroxylation is 2. The lowest BCUT2D eigenvalue weighted by atomic mass is 9.51. The summed E-state index contributed by atoms with van der Waals surface area (Å²) in [7, 11) is 1.66. The second-order valence-electron chi connectivity index (χ2n) is 14.9. The van der Waals surface area contributed by atoms with Gasteiger partial charge in [-0.15, -0.1) is 0 Å². The third-order valence-corrected chi connectivity index (χ3v) is 12.3. The monoisotopic (exact) mass is 649 g/mol. The lowest BCUT2D eigenvalue weighted by Gasteiger charge is -2.60. The number of hydrogen-bond donors (Lipinski definition) is 2. The minimum absolute atomic E-state index is 0.0518. The first kappa shape index (κ1) is 32.8. The minimum Gasteiger partial charge on any atom is -0.508 e. The van der Waals surface area contributed by atoms with E-state index >= 15 is 0 Å². The molecule has 2 fully saturated rings. The Hall–Kier alpha value is -3.77. The van der Waals surface area contributed by atoms with E-state index in [1.807, 2.05) is 6.08 Å². The van der Waals surface area contributed by atoms with E-state index in [4.69, 9.17) is 9.47 Å². The van der Waals surface area contributed by atoms with Crippen LogP contribution in [-0.2, 0) is 29.5 Å². The van der Waals surface area contributed by atoms with Crippen molar-refractivity contribution in [2.75, 3.05) is 20.2 Å². The highest BCUT2D eigenvalue weighted by Crippen LogP contribution is 2.66. The van der Waals surface area contributed by atoms with Gasteiger partial charge in [0.15, 0.2) is 11.5 Å². The van der Waals surface area contributed by atoms with Gasteiger partial charge < -0.3 is 14.6 Å². The molecule has 2 N–H and O–H groups in total. The highest BCUT2D eigenvalue weighted by atomic mass is 16.5. The molecule has 1 saturated heterocycles. The fraction of sp³-hybridized carbons (Fsp3) is 0.500. The van der Waals surface area contributed by atoms with E-state index < -0.39 is 0 Å². The molecule has 4 aliphatic rings. The molecule has 6 atom stereocenters. The van der Waals surface area contributed by atoms with Crippen molar-refractivity contribution in [2.24, 2.45) is 11.8 Å². The molecule has 2 heterocycles. The third-order valence-electron chi connectivity index (χ3n) is 12.3. The molecule has 3 aromatic carbocycles. The van der Waals surface area contributed by atoms with Crippen molar-refractivity contribution in [3.05, 3.63) is 102 Å². The van der Waals surface area contributed by atoms with Gasteiger partial charge in [0.25, 0.3) is 5.91 Å². The number of phenols is 1. The maximum absolute atomic E-state index is 14.6. The number of unbranched alkanes of at least 4 members (excludes halogenated alkanes) is 3. The molecule has 7 rings (SSSR count). The lowest BCUT2D eigenvalue weighted by Crippen LogP contribution is -2.76. The van der Waals surface area contributed by atoms with Gasteiger partial charge in [0, 0.05) is 41.9 Å². The average molecular weight is 650 g/mol. The molecule has 1 amide bonds. The van der Waals surface area contributed by atoms with Crippen molar-refractivity contribution >= 4 is 5.91 Å². The number of methoxy groups -OCH3 is 1. The normalized spacial score (nSPS) is 27.0. The van der Waals surface area contributed by atoms with E-state index in [9.17, 15) is 9.90 Å². The number of nitrogens with one attached hydrogen (secondary N) is 1. The van der Waals surface area contributed by atoms with Crippen LogP contribution in [0, 0.1) is 11.8 Å². The van der Waals surface area contributed by atoms with Gasteiger partial charge in [0.05, 0.1) is 12.5 Å². The number of hydrogen-bond acceptors (Lipinski definition) is 4. The van der Waals surface area contributed by atoms with E-state index in [-0.39, 0.29) is 29.4 Å². The van der Waals surface area contributed by atoms with E-state index in [2.05, 4.69) is 72.7 Å². The van der Waals surface area contributed by atoms with Crippen LogP contribution in [0.1, 0.15) is 86.5 Å². The van der Waals surface area contributed by atoms with Crippen molar-refractivity contribution in [1.82, 2.24) is 5.43 Å². The first-order valence-electron chi connectivity index (χ1n) is 18.5. The van der Waals surface area contributed by atoms with Gasteiger partial charge >= 0.3 is 0 Å². The molecule has 1 spiro atoms. The van der Waals surface area contributed by atoms with Crippen molar-refractivity contribution in [2.45, 2.75) is 101 Å². The molecule has 3 aromatic rings. The molecule has 0 aromatic heterocycles. The Morgan fingerprint density at radius 3 is 2.50 bits per heavy atom. The molecule has 48 heavy (non-hydrogen) atoms. The minimum atomic E-state index is -0.141. The van der Waals surface area contributed by atoms with Crippen molar-refractivity contribution in [1.29, 1.82) is 0 Å². The Morgan fingerprint density at radius 1 is 1.04 bits per heavy atom. The van der Waals surface area contributed by atoms with Gasteiger partial charge in [-0.2, -0.15) is 0 Å². The summed E-state index contributed by atoms with van der Waals surface area (Å²) in [5, 5.41) is 11.4. The zero-order valence-corrected chi connectivity index (χ0v) is 28.7. The number of likely N-dealkylation sites (tertiary alicyclic amines) is 1. The molecule has 0 radical (unpaired) electrons. The zero-order chi connectivity index (χ0) is 33.1. The first-order valence-corrected chi connectivity index (χ1v) is 18.5. The Labute approximate surface area is 286 Å². The number of benzene rings is 3. The molecule has 1 saturated carbocycles. The van der Waals surface area contributed by atoms with Gasteiger partial charge in [-0.05, 0) is 68.6 Å². The third kappa shape index (κ3) is 5.91. The van der Waals surface area contributed by atoms with Crippen LogP contribution >= 0.6 is 0 Å². The number of amides is 1. The molecule has 2 bridgehead atoms. The summed E-state index contributed by atoms with van der Waals surface area (Å²) >= 11 is 0. The number of quaternary nitrogens is 1. The molecule has 254 valence electrons. The smallest absolute Gasteiger partial charge is 0.268 e. The number of aromatic hydroxyl groups is 1. The molecule has 2 aliphatic carbocycles. The maximum atomic E-state index is 14.6. The predicted octanol–water partition coefficient (Wildman–Crippen LogP) is 8.00. The predicted molar refractivity (Wildman–Crippen MR) is 190 cm³/mol. The number of phenolic OH excluding ortho intramolecular Hbond substituents is 1. The molecular weight excluding hydrogens is 596 g/mol. The highest BCUT2D eigenvalue weighted by molar-refractivity contribution is 5.77. The summed E-state index contributed by atoms with van der Waals surface area (Å²) < 4.78 is 13.0. The summed E-state index contributed by atoms with van der Waals surface area (Å²) in [4.78, 5) is 14.6. The Morgan fingerprint density at radius 2 is 1.77 bits per heavy atom. The Balaban J connectivity index is 1.11. The number of ether oxygens (including phenoxy) is 2. The lowest BCUT2D eigenvalue weighted by molar-refractivity contribution is -0.989. The highest BCUT2D eigenvalue weighted by Gasteiger charge is 2.68. The number of rotatable bonds is 15. The van der Waals surface area contributed by atoms with Crippen LogP contribution < -0.4 is 14.9 Å². The number of carbonyl (C=O) groups is 1. The second-order valence-corrected chi connectivity index (χ2v) is 14.9. The summed E-state index contributed by atoms with van der Waals surface area (Å²) in [6.45, 7) is 5.70. The zero-order valence-electron chi connectivity index (χ0n) is 28.7. The maximum Gasteiger partial charge on any atom is 0.268 e. The largest absolute Gasteiger partial charge is 0.508 e. The van der Waals surface area contributed by atoms with E-state index in [1.54, 1.807) is 13.2 Å². The van der Waals surface area contributed by atoms with Crippen LogP contribution in [0.3, 0.4) is 0 Å². The summed E-state index contributed by atoms with van der Waals surface area (Å²) in [6, 6.07) is 23.2. The van der Waals surface area contributed by atoms with Gasteiger partial charge in [-0.3, -0.25) is 4.79 Å². The number of piperidine rings is 1. The van der Waals surface area contributed by atoms with Crippen LogP contribution in [0.5, 0.6) is 17.2 Å². The second kappa shape index (κ2) is 14.0. The van der Waals surface area contributed by atoms with E-state index in [0.717, 1.165) is 82.1 Å². The molecule has 6 nitrogen and oxygen atoms in total. The molecule has 2 aliphatic heterocycles. The standard InChI is InChI=1S/C42H52N2O4/c1-3-26-44(27-25-42-34-21-14-22-38(42)48-40-37(47-2)29-36(45)33(39(40)42)28-35(34)44)43-41(46)32(24-23-31-18-11-7-12-19-31)20-13-5-4-8-15-30-16-9-6-10-17-30/h3,6-7,9-12,16-19,29,32,34-35,38H,1,4-5,8,13-15,20-28H2,2H3,(H-,43,45,46)/p+1/t32?,34-,35+,38-,42+,44?/m0/s1. The molecule has 6 heteroatoms. The average Bonchev–Trinajstić information content (AvgIpc) is 3.45. The topological polar surface area (TPSA) is 67.8 Å². The number of carbonyl (C=O) groups excluding carboxylic acids is 1. The summed E-state index contributed by atoms with van der Waals surface area (Å²) in [5.41, 5.74) is 8.45.